The average Bonchev–Trinajstić information content (AvgIpc) is 2.83. The van der Waals surface area contributed by atoms with E-state index in [0.29, 0.717) is 10.3 Å². The van der Waals surface area contributed by atoms with Crippen LogP contribution in [0.2, 0.25) is 0 Å². The van der Waals surface area contributed by atoms with Crippen molar-refractivity contribution in [2.75, 3.05) is 18.6 Å². The molecule has 2 aromatic rings. The minimum atomic E-state index is -1.15. The summed E-state index contributed by atoms with van der Waals surface area (Å²) >= 11 is 0.959. The summed E-state index contributed by atoms with van der Waals surface area (Å²) in [4.78, 5) is 32.8. The van der Waals surface area contributed by atoms with Crippen LogP contribution in [0.5, 0.6) is 0 Å². The van der Waals surface area contributed by atoms with Gasteiger partial charge in [-0.15, -0.1) is 11.3 Å². The molecular weight excluding hydrogens is 282 g/mol. The summed E-state index contributed by atoms with van der Waals surface area (Å²) in [7, 11) is 1.42. The summed E-state index contributed by atoms with van der Waals surface area (Å²) in [5.41, 5.74) is 0.535. The number of thiophene rings is 1. The van der Waals surface area contributed by atoms with E-state index in [1.54, 1.807) is 0 Å². The third-order valence-electron chi connectivity index (χ3n) is 2.43. The Morgan fingerprint density at radius 3 is 2.85 bits per heavy atom. The number of amides is 1. The molecule has 0 fully saturated rings. The number of aromatic nitrogens is 2. The third kappa shape index (κ3) is 2.45. The Morgan fingerprint density at radius 1 is 1.50 bits per heavy atom. The van der Waals surface area contributed by atoms with Crippen LogP contribution in [0.1, 0.15) is 9.67 Å². The predicted octanol–water partition coefficient (Wildman–Crippen LogP) is 2.15. The topological polar surface area (TPSA) is 92.6 Å². The fourth-order valence-electron chi connectivity index (χ4n) is 1.59. The number of hydrogen-bond donors (Lipinski definition) is 1. The van der Waals surface area contributed by atoms with Gasteiger partial charge in [0, 0.05) is 19.4 Å². The molecule has 0 aliphatic carbocycles. The molecule has 2 rings (SSSR count). The van der Waals surface area contributed by atoms with E-state index in [2.05, 4.69) is 16.5 Å². The smallest absolute Gasteiger partial charge is 0.414 e. The van der Waals surface area contributed by atoms with Crippen molar-refractivity contribution < 1.29 is 19.4 Å². The first kappa shape index (κ1) is 13.9. The molecule has 8 heteroatoms. The number of carboxylic acid groups (broad SMARTS) is 1. The van der Waals surface area contributed by atoms with Gasteiger partial charge in [0.25, 0.3) is 0 Å². The maximum absolute atomic E-state index is 11.8. The molecule has 0 aliphatic heterocycles. The average molecular weight is 293 g/mol. The van der Waals surface area contributed by atoms with Crippen LogP contribution in [-0.2, 0) is 4.74 Å². The summed E-state index contributed by atoms with van der Waals surface area (Å²) in [6.07, 6.45) is 3.64. The molecule has 0 bridgehead atoms. The third-order valence-corrected chi connectivity index (χ3v) is 3.50. The molecule has 0 unspecified atom stereocenters. The summed E-state index contributed by atoms with van der Waals surface area (Å²) in [6.45, 7) is 3.48. The number of nitrogens with zero attached hydrogens (tertiary/aromatic N) is 3. The van der Waals surface area contributed by atoms with Crippen molar-refractivity contribution in [1.82, 2.24) is 9.97 Å². The lowest BCUT2D eigenvalue weighted by Gasteiger charge is -2.16. The maximum atomic E-state index is 11.8. The molecule has 1 N–H and O–H groups in total. The predicted molar refractivity (Wildman–Crippen MR) is 74.3 cm³/mol. The van der Waals surface area contributed by atoms with E-state index < -0.39 is 12.1 Å². The van der Waals surface area contributed by atoms with Gasteiger partial charge in [-0.3, -0.25) is 4.90 Å². The highest BCUT2D eigenvalue weighted by Gasteiger charge is 2.26. The number of carboxylic acids is 1. The standard InChI is InChI=1S/C12H11N3O4S/c1-3-6-19-12(18)15(2)8-7-10(14-5-4-13-7)20-9(8)11(16)17/h3-5H,1,6H2,2H3,(H,16,17). The van der Waals surface area contributed by atoms with Gasteiger partial charge < -0.3 is 9.84 Å². The van der Waals surface area contributed by atoms with Crippen LogP contribution in [0.3, 0.4) is 0 Å². The molecule has 0 aliphatic rings. The summed E-state index contributed by atoms with van der Waals surface area (Å²) < 4.78 is 4.89. The first-order valence-electron chi connectivity index (χ1n) is 5.54. The van der Waals surface area contributed by atoms with E-state index in [9.17, 15) is 14.7 Å². The molecule has 2 heterocycles. The van der Waals surface area contributed by atoms with E-state index >= 15 is 0 Å². The molecule has 0 saturated carbocycles. The van der Waals surface area contributed by atoms with Crippen LogP contribution >= 0.6 is 11.3 Å². The SMILES string of the molecule is C=CCOC(=O)N(C)c1c(C(=O)O)sc2nccnc12. The Hall–Kier alpha value is -2.48. The Labute approximate surface area is 118 Å². The number of hydrogen-bond acceptors (Lipinski definition) is 6. The van der Waals surface area contributed by atoms with Gasteiger partial charge in [-0.25, -0.2) is 19.6 Å². The molecule has 20 heavy (non-hydrogen) atoms. The van der Waals surface area contributed by atoms with Gasteiger partial charge in [-0.1, -0.05) is 12.7 Å². The largest absolute Gasteiger partial charge is 0.477 e. The number of carbonyl (C=O) groups excluding carboxylic acids is 1. The van der Waals surface area contributed by atoms with Gasteiger partial charge in [0.05, 0.1) is 0 Å². The molecule has 0 radical (unpaired) electrons. The molecular formula is C12H11N3O4S. The normalized spacial score (nSPS) is 10.2. The van der Waals surface area contributed by atoms with Crippen molar-refractivity contribution in [2.24, 2.45) is 0 Å². The lowest BCUT2D eigenvalue weighted by atomic mass is 10.3. The minimum absolute atomic E-state index is 0.00995. The summed E-state index contributed by atoms with van der Waals surface area (Å²) in [5, 5.41) is 9.23. The number of carbonyl (C=O) groups is 2. The van der Waals surface area contributed by atoms with Gasteiger partial charge in [-0.05, 0) is 0 Å². The highest BCUT2D eigenvalue weighted by atomic mass is 32.1. The zero-order chi connectivity index (χ0) is 14.7. The molecule has 0 spiro atoms. The number of fused-ring (bicyclic) bond motifs is 1. The molecule has 0 aromatic carbocycles. The molecule has 2 aromatic heterocycles. The zero-order valence-electron chi connectivity index (χ0n) is 10.6. The molecule has 0 saturated heterocycles. The van der Waals surface area contributed by atoms with Crippen molar-refractivity contribution in [2.45, 2.75) is 0 Å². The summed E-state index contributed by atoms with van der Waals surface area (Å²) in [6, 6.07) is 0. The Morgan fingerprint density at radius 2 is 2.20 bits per heavy atom. The van der Waals surface area contributed by atoms with Crippen molar-refractivity contribution in [3.8, 4) is 0 Å². The fourth-order valence-corrected chi connectivity index (χ4v) is 2.56. The van der Waals surface area contributed by atoms with Gasteiger partial charge in [0.1, 0.15) is 27.5 Å². The van der Waals surface area contributed by atoms with Crippen molar-refractivity contribution >= 4 is 39.4 Å². The van der Waals surface area contributed by atoms with Crippen LogP contribution in [0, 0.1) is 0 Å². The highest BCUT2D eigenvalue weighted by molar-refractivity contribution is 7.21. The van der Waals surface area contributed by atoms with Crippen molar-refractivity contribution in [3.05, 3.63) is 29.9 Å². The zero-order valence-corrected chi connectivity index (χ0v) is 11.4. The number of aromatic carboxylic acids is 1. The molecule has 1 amide bonds. The van der Waals surface area contributed by atoms with E-state index in [0.717, 1.165) is 16.2 Å². The van der Waals surface area contributed by atoms with Crippen molar-refractivity contribution in [1.29, 1.82) is 0 Å². The van der Waals surface area contributed by atoms with Gasteiger partial charge in [0.2, 0.25) is 0 Å². The second kappa shape index (κ2) is 5.66. The number of ether oxygens (including phenoxy) is 1. The lowest BCUT2D eigenvalue weighted by molar-refractivity contribution is 0.0703. The van der Waals surface area contributed by atoms with E-state index in [1.165, 1.54) is 25.5 Å². The maximum Gasteiger partial charge on any atom is 0.414 e. The molecule has 104 valence electrons. The molecule has 0 atom stereocenters. The minimum Gasteiger partial charge on any atom is -0.477 e. The van der Waals surface area contributed by atoms with Crippen LogP contribution in [0.15, 0.2) is 25.0 Å². The van der Waals surface area contributed by atoms with Crippen LogP contribution < -0.4 is 4.90 Å². The van der Waals surface area contributed by atoms with Gasteiger partial charge in [-0.2, -0.15) is 0 Å². The van der Waals surface area contributed by atoms with Crippen molar-refractivity contribution in [3.63, 3.8) is 0 Å². The number of anilines is 1. The second-order valence-corrected chi connectivity index (χ2v) is 4.72. The number of rotatable bonds is 4. The van der Waals surface area contributed by atoms with E-state index in [1.807, 2.05) is 0 Å². The monoisotopic (exact) mass is 293 g/mol. The van der Waals surface area contributed by atoms with Crippen LogP contribution in [0.4, 0.5) is 10.5 Å². The quantitative estimate of drug-likeness (QED) is 0.868. The first-order chi connectivity index (χ1) is 9.56. The van der Waals surface area contributed by atoms with E-state index in [-0.39, 0.29) is 17.2 Å². The van der Waals surface area contributed by atoms with Crippen LogP contribution in [0.25, 0.3) is 10.3 Å². The fraction of sp³-hybridized carbons (Fsp3) is 0.167. The van der Waals surface area contributed by atoms with Gasteiger partial charge in [0.15, 0.2) is 0 Å². The first-order valence-corrected chi connectivity index (χ1v) is 6.36. The Kier molecular flexibility index (Phi) is 3.94. The Balaban J connectivity index is 2.50. The second-order valence-electron chi connectivity index (χ2n) is 3.72. The van der Waals surface area contributed by atoms with E-state index in [4.69, 9.17) is 4.74 Å². The van der Waals surface area contributed by atoms with Gasteiger partial charge >= 0.3 is 12.1 Å². The highest BCUT2D eigenvalue weighted by Crippen LogP contribution is 2.35. The Bertz CT molecular complexity index is 682. The molecule has 7 nitrogen and oxygen atoms in total. The lowest BCUT2D eigenvalue weighted by Crippen LogP contribution is -2.28. The summed E-state index contributed by atoms with van der Waals surface area (Å²) in [5.74, 6) is -1.15. The van der Waals surface area contributed by atoms with Crippen LogP contribution in [-0.4, -0.2) is 40.8 Å².